The van der Waals surface area contributed by atoms with Crippen LogP contribution in [0.2, 0.25) is 0 Å². The molecule has 122 valence electrons. The van der Waals surface area contributed by atoms with Gasteiger partial charge in [-0.2, -0.15) is 0 Å². The molecular formula is C15H13F3N2O3. The van der Waals surface area contributed by atoms with Gasteiger partial charge in [0.2, 0.25) is 0 Å². The van der Waals surface area contributed by atoms with Crippen LogP contribution in [0.3, 0.4) is 0 Å². The Kier molecular flexibility index (Phi) is 4.95. The molecule has 2 aromatic carbocycles. The first kappa shape index (κ1) is 16.5. The molecule has 0 atom stereocenters. The third-order valence-electron chi connectivity index (χ3n) is 2.95. The van der Waals surface area contributed by atoms with E-state index in [0.29, 0.717) is 17.6 Å². The van der Waals surface area contributed by atoms with Gasteiger partial charge in [-0.25, -0.2) is 18.0 Å². The summed E-state index contributed by atoms with van der Waals surface area (Å²) in [5, 5.41) is 4.49. The number of hydrogen-bond acceptors (Lipinski definition) is 3. The molecule has 0 radical (unpaired) electrons. The lowest BCUT2D eigenvalue weighted by Crippen LogP contribution is -2.21. The van der Waals surface area contributed by atoms with Crippen molar-refractivity contribution in [3.63, 3.8) is 0 Å². The SMILES string of the molecule is COc1cccc(OC)c1NC(=O)Nc1ccc(F)c(F)c1F. The van der Waals surface area contributed by atoms with E-state index in [2.05, 4.69) is 10.6 Å². The molecule has 2 amide bonds. The molecule has 2 N–H and O–H groups in total. The molecule has 5 nitrogen and oxygen atoms in total. The third kappa shape index (κ3) is 3.47. The summed E-state index contributed by atoms with van der Waals surface area (Å²) in [4.78, 5) is 12.0. The molecule has 0 bridgehead atoms. The molecule has 23 heavy (non-hydrogen) atoms. The Labute approximate surface area is 130 Å². The summed E-state index contributed by atoms with van der Waals surface area (Å²) in [6.07, 6.45) is 0. The van der Waals surface area contributed by atoms with E-state index in [1.165, 1.54) is 14.2 Å². The largest absolute Gasteiger partial charge is 0.494 e. The van der Waals surface area contributed by atoms with Gasteiger partial charge in [0, 0.05) is 0 Å². The Morgan fingerprint density at radius 2 is 1.52 bits per heavy atom. The van der Waals surface area contributed by atoms with Crippen LogP contribution in [0, 0.1) is 17.5 Å². The van der Waals surface area contributed by atoms with Crippen molar-refractivity contribution in [2.75, 3.05) is 24.9 Å². The number of rotatable bonds is 4. The molecule has 0 aromatic heterocycles. The van der Waals surface area contributed by atoms with Gasteiger partial charge in [-0.05, 0) is 24.3 Å². The van der Waals surface area contributed by atoms with Gasteiger partial charge in [0.15, 0.2) is 17.5 Å². The van der Waals surface area contributed by atoms with E-state index in [-0.39, 0.29) is 5.69 Å². The standard InChI is InChI=1S/C15H13F3N2O3/c1-22-10-4-3-5-11(23-2)14(10)20-15(21)19-9-7-6-8(16)12(17)13(9)18/h3-7H,1-2H3,(H2,19,20,21). The van der Waals surface area contributed by atoms with Crippen LogP contribution in [0.15, 0.2) is 30.3 Å². The van der Waals surface area contributed by atoms with E-state index in [9.17, 15) is 18.0 Å². The van der Waals surface area contributed by atoms with Gasteiger partial charge in [-0.3, -0.25) is 0 Å². The maximum atomic E-state index is 13.5. The lowest BCUT2D eigenvalue weighted by atomic mass is 10.2. The zero-order valence-corrected chi connectivity index (χ0v) is 12.2. The number of anilines is 2. The van der Waals surface area contributed by atoms with Crippen LogP contribution in [0.4, 0.5) is 29.3 Å². The van der Waals surface area contributed by atoms with E-state index in [4.69, 9.17) is 9.47 Å². The number of halogens is 3. The number of nitrogens with one attached hydrogen (secondary N) is 2. The number of amides is 2. The lowest BCUT2D eigenvalue weighted by molar-refractivity contribution is 0.261. The number of benzene rings is 2. The molecule has 2 aromatic rings. The summed E-state index contributed by atoms with van der Waals surface area (Å²) in [6.45, 7) is 0. The highest BCUT2D eigenvalue weighted by Gasteiger charge is 2.17. The zero-order chi connectivity index (χ0) is 17.0. The van der Waals surface area contributed by atoms with Crippen molar-refractivity contribution < 1.29 is 27.4 Å². The van der Waals surface area contributed by atoms with Gasteiger partial charge in [0.05, 0.1) is 19.9 Å². The highest BCUT2D eigenvalue weighted by atomic mass is 19.2. The molecule has 0 unspecified atom stereocenters. The van der Waals surface area contributed by atoms with Crippen LogP contribution in [-0.4, -0.2) is 20.3 Å². The summed E-state index contributed by atoms with van der Waals surface area (Å²) in [6, 6.07) is 5.55. The first-order valence-electron chi connectivity index (χ1n) is 6.40. The van der Waals surface area contributed by atoms with E-state index >= 15 is 0 Å². The Bertz CT molecular complexity index is 716. The molecule has 0 saturated carbocycles. The lowest BCUT2D eigenvalue weighted by Gasteiger charge is -2.14. The average molecular weight is 326 g/mol. The molecule has 0 aliphatic carbocycles. The third-order valence-corrected chi connectivity index (χ3v) is 2.95. The van der Waals surface area contributed by atoms with Crippen molar-refractivity contribution in [2.45, 2.75) is 0 Å². The smallest absolute Gasteiger partial charge is 0.323 e. The summed E-state index contributed by atoms with van der Waals surface area (Å²) in [5.74, 6) is -3.89. The highest BCUT2D eigenvalue weighted by Crippen LogP contribution is 2.34. The first-order chi connectivity index (χ1) is 11.0. The Balaban J connectivity index is 2.22. The van der Waals surface area contributed by atoms with Gasteiger partial charge in [-0.15, -0.1) is 0 Å². The van der Waals surface area contributed by atoms with Crippen molar-refractivity contribution in [3.05, 3.63) is 47.8 Å². The predicted octanol–water partition coefficient (Wildman–Crippen LogP) is 3.77. The number of ether oxygens (including phenoxy) is 2. The fourth-order valence-corrected chi connectivity index (χ4v) is 1.86. The number of methoxy groups -OCH3 is 2. The van der Waals surface area contributed by atoms with Gasteiger partial charge in [-0.1, -0.05) is 6.07 Å². The maximum absolute atomic E-state index is 13.5. The predicted molar refractivity (Wildman–Crippen MR) is 78.5 cm³/mol. The van der Waals surface area contributed by atoms with Crippen LogP contribution >= 0.6 is 0 Å². The van der Waals surface area contributed by atoms with Crippen molar-refractivity contribution in [1.29, 1.82) is 0 Å². The highest BCUT2D eigenvalue weighted by molar-refractivity contribution is 6.01. The van der Waals surface area contributed by atoms with E-state index in [1.54, 1.807) is 18.2 Å². The molecular weight excluding hydrogens is 313 g/mol. The molecule has 0 saturated heterocycles. The van der Waals surface area contributed by atoms with Gasteiger partial charge in [0.25, 0.3) is 0 Å². The minimum atomic E-state index is -1.67. The van der Waals surface area contributed by atoms with Crippen LogP contribution in [0.1, 0.15) is 0 Å². The molecule has 0 spiro atoms. The minimum Gasteiger partial charge on any atom is -0.494 e. The normalized spacial score (nSPS) is 10.1. The molecule has 0 heterocycles. The maximum Gasteiger partial charge on any atom is 0.323 e. The fourth-order valence-electron chi connectivity index (χ4n) is 1.86. The van der Waals surface area contributed by atoms with Crippen LogP contribution < -0.4 is 20.1 Å². The van der Waals surface area contributed by atoms with Crippen molar-refractivity contribution in [3.8, 4) is 11.5 Å². The minimum absolute atomic E-state index is 0.206. The van der Waals surface area contributed by atoms with Crippen molar-refractivity contribution in [2.24, 2.45) is 0 Å². The number of carbonyl (C=O) groups excluding carboxylic acids is 1. The zero-order valence-electron chi connectivity index (χ0n) is 12.2. The number of urea groups is 1. The summed E-state index contributed by atoms with van der Waals surface area (Å²) >= 11 is 0. The quantitative estimate of drug-likeness (QED) is 0.841. The van der Waals surface area contributed by atoms with Gasteiger partial charge < -0.3 is 20.1 Å². The van der Waals surface area contributed by atoms with Crippen LogP contribution in [-0.2, 0) is 0 Å². The van der Waals surface area contributed by atoms with Gasteiger partial charge in [0.1, 0.15) is 17.2 Å². The van der Waals surface area contributed by atoms with Crippen molar-refractivity contribution in [1.82, 2.24) is 0 Å². The number of para-hydroxylation sites is 1. The molecule has 8 heteroatoms. The first-order valence-corrected chi connectivity index (χ1v) is 6.40. The van der Waals surface area contributed by atoms with Crippen LogP contribution in [0.5, 0.6) is 11.5 Å². The van der Waals surface area contributed by atoms with Crippen molar-refractivity contribution >= 4 is 17.4 Å². The Morgan fingerprint density at radius 3 is 2.09 bits per heavy atom. The van der Waals surface area contributed by atoms with E-state index in [0.717, 1.165) is 6.07 Å². The molecule has 0 aliphatic rings. The molecule has 0 aliphatic heterocycles. The fraction of sp³-hybridized carbons (Fsp3) is 0.133. The second-order valence-corrected chi connectivity index (χ2v) is 4.34. The molecule has 0 fully saturated rings. The monoisotopic (exact) mass is 326 g/mol. The second kappa shape index (κ2) is 6.91. The van der Waals surface area contributed by atoms with E-state index in [1.807, 2.05) is 0 Å². The van der Waals surface area contributed by atoms with Gasteiger partial charge >= 0.3 is 6.03 Å². The van der Waals surface area contributed by atoms with Crippen LogP contribution in [0.25, 0.3) is 0 Å². The summed E-state index contributed by atoms with van der Waals surface area (Å²) in [5.41, 5.74) is -0.298. The molecule has 2 rings (SSSR count). The number of hydrogen-bond donors (Lipinski definition) is 2. The number of carbonyl (C=O) groups is 1. The average Bonchev–Trinajstić information content (AvgIpc) is 2.55. The topological polar surface area (TPSA) is 59.6 Å². The summed E-state index contributed by atoms with van der Waals surface area (Å²) in [7, 11) is 2.79. The Morgan fingerprint density at radius 1 is 0.913 bits per heavy atom. The second-order valence-electron chi connectivity index (χ2n) is 4.34. The summed E-state index contributed by atoms with van der Waals surface area (Å²) < 4.78 is 49.7. The Hall–Kier alpha value is -2.90. The van der Waals surface area contributed by atoms with E-state index < -0.39 is 29.2 Å².